The minimum absolute atomic E-state index is 0.131. The van der Waals surface area contributed by atoms with Gasteiger partial charge in [0.05, 0.1) is 30.6 Å². The fourth-order valence-electron chi connectivity index (χ4n) is 1.97. The number of hydrogen-bond acceptors (Lipinski definition) is 5. The van der Waals surface area contributed by atoms with E-state index in [1.807, 2.05) is 0 Å². The maximum atomic E-state index is 12.4. The maximum Gasteiger partial charge on any atom is 0.182 e. The van der Waals surface area contributed by atoms with Crippen molar-refractivity contribution in [1.29, 1.82) is 0 Å². The molecule has 0 aliphatic rings. The lowest BCUT2D eigenvalue weighted by Gasteiger charge is -2.09. The van der Waals surface area contributed by atoms with Crippen molar-refractivity contribution >= 4 is 15.5 Å². The van der Waals surface area contributed by atoms with Crippen LogP contribution in [0.1, 0.15) is 5.56 Å². The summed E-state index contributed by atoms with van der Waals surface area (Å²) in [5.41, 5.74) is 6.82. The zero-order chi connectivity index (χ0) is 15.5. The summed E-state index contributed by atoms with van der Waals surface area (Å²) in [7, 11) is -0.450. The van der Waals surface area contributed by atoms with Crippen LogP contribution >= 0.6 is 0 Å². The van der Waals surface area contributed by atoms with Crippen molar-refractivity contribution in [2.24, 2.45) is 0 Å². The van der Waals surface area contributed by atoms with Crippen LogP contribution in [0.4, 0.5) is 5.69 Å². The van der Waals surface area contributed by atoms with E-state index < -0.39 is 9.84 Å². The van der Waals surface area contributed by atoms with E-state index in [9.17, 15) is 8.42 Å². The van der Waals surface area contributed by atoms with Gasteiger partial charge in [0.25, 0.3) is 0 Å². The third-order valence-electron chi connectivity index (χ3n) is 3.05. The zero-order valence-corrected chi connectivity index (χ0v) is 12.7. The number of ether oxygens (including phenoxy) is 2. The molecule has 2 N–H and O–H groups in total. The van der Waals surface area contributed by atoms with Gasteiger partial charge in [-0.1, -0.05) is 12.1 Å². The zero-order valence-electron chi connectivity index (χ0n) is 11.9. The van der Waals surface area contributed by atoms with Gasteiger partial charge in [0.15, 0.2) is 9.84 Å². The summed E-state index contributed by atoms with van der Waals surface area (Å²) < 4.78 is 34.9. The van der Waals surface area contributed by atoms with Gasteiger partial charge in [0.1, 0.15) is 11.5 Å². The molecule has 0 aromatic heterocycles. The quantitative estimate of drug-likeness (QED) is 0.857. The lowest BCUT2D eigenvalue weighted by atomic mass is 10.2. The van der Waals surface area contributed by atoms with Gasteiger partial charge in [-0.2, -0.15) is 0 Å². The first-order valence-electron chi connectivity index (χ1n) is 6.25. The highest BCUT2D eigenvalue weighted by Gasteiger charge is 2.16. The second-order valence-corrected chi connectivity index (χ2v) is 6.50. The van der Waals surface area contributed by atoms with E-state index >= 15 is 0 Å². The van der Waals surface area contributed by atoms with Crippen molar-refractivity contribution in [3.8, 4) is 11.5 Å². The van der Waals surface area contributed by atoms with Crippen LogP contribution in [0.3, 0.4) is 0 Å². The second-order valence-electron chi connectivity index (χ2n) is 4.51. The number of sulfone groups is 1. The predicted molar refractivity (Wildman–Crippen MR) is 81.3 cm³/mol. The van der Waals surface area contributed by atoms with Gasteiger partial charge in [0, 0.05) is 0 Å². The van der Waals surface area contributed by atoms with Crippen LogP contribution in [0, 0.1) is 0 Å². The molecule has 5 nitrogen and oxygen atoms in total. The van der Waals surface area contributed by atoms with E-state index in [1.54, 1.807) is 36.4 Å². The normalized spacial score (nSPS) is 11.1. The molecule has 0 heterocycles. The van der Waals surface area contributed by atoms with Crippen LogP contribution in [0.15, 0.2) is 47.4 Å². The smallest absolute Gasteiger partial charge is 0.182 e. The molecule has 2 aromatic carbocycles. The molecular weight excluding hydrogens is 290 g/mol. The number of rotatable bonds is 5. The molecule has 0 fully saturated rings. The van der Waals surface area contributed by atoms with Gasteiger partial charge in [-0.15, -0.1) is 0 Å². The minimum Gasteiger partial charge on any atom is -0.497 e. The lowest BCUT2D eigenvalue weighted by molar-refractivity contribution is 0.413. The Bertz CT molecular complexity index is 741. The first-order chi connectivity index (χ1) is 9.96. The van der Waals surface area contributed by atoms with Gasteiger partial charge in [0.2, 0.25) is 0 Å². The molecule has 0 saturated heterocycles. The molecule has 6 heteroatoms. The maximum absolute atomic E-state index is 12.4. The summed E-state index contributed by atoms with van der Waals surface area (Å²) in [5.74, 6) is 0.900. The van der Waals surface area contributed by atoms with Crippen LogP contribution in [0.2, 0.25) is 0 Å². The standard InChI is InChI=1S/C15H17NO4S/c1-19-12-4-3-5-13(9-12)21(17,18)10-11-6-7-15(20-2)14(16)8-11/h3-9H,10,16H2,1-2H3. The van der Waals surface area contributed by atoms with Gasteiger partial charge in [-0.25, -0.2) is 8.42 Å². The van der Waals surface area contributed by atoms with Crippen LogP contribution < -0.4 is 15.2 Å². The van der Waals surface area contributed by atoms with E-state index in [0.717, 1.165) is 0 Å². The molecule has 0 radical (unpaired) electrons. The highest BCUT2D eigenvalue weighted by molar-refractivity contribution is 7.90. The van der Waals surface area contributed by atoms with Crippen molar-refractivity contribution in [2.45, 2.75) is 10.6 Å². The molecule has 0 spiro atoms. The van der Waals surface area contributed by atoms with Crippen LogP contribution in [-0.2, 0) is 15.6 Å². The molecule has 2 aromatic rings. The van der Waals surface area contributed by atoms with Gasteiger partial charge in [-0.3, -0.25) is 0 Å². The van der Waals surface area contributed by atoms with Crippen LogP contribution in [0.25, 0.3) is 0 Å². The molecular formula is C15H17NO4S. The number of nitrogens with two attached hydrogens (primary N) is 1. The average molecular weight is 307 g/mol. The molecule has 0 aliphatic carbocycles. The van der Waals surface area contributed by atoms with Gasteiger partial charge < -0.3 is 15.2 Å². The Morgan fingerprint density at radius 2 is 1.81 bits per heavy atom. The van der Waals surface area contributed by atoms with Crippen LogP contribution in [0.5, 0.6) is 11.5 Å². The Morgan fingerprint density at radius 3 is 2.43 bits per heavy atom. The monoisotopic (exact) mass is 307 g/mol. The van der Waals surface area contributed by atoms with E-state index in [2.05, 4.69) is 0 Å². The predicted octanol–water partition coefficient (Wildman–Crippen LogP) is 2.26. The molecule has 112 valence electrons. The average Bonchev–Trinajstić information content (AvgIpc) is 2.47. The number of nitrogen functional groups attached to an aromatic ring is 1. The Kier molecular flexibility index (Phi) is 4.37. The summed E-state index contributed by atoms with van der Waals surface area (Å²) in [6.07, 6.45) is 0. The lowest BCUT2D eigenvalue weighted by Crippen LogP contribution is -2.06. The molecule has 21 heavy (non-hydrogen) atoms. The van der Waals surface area contributed by atoms with E-state index in [1.165, 1.54) is 20.3 Å². The van der Waals surface area contributed by atoms with Crippen molar-refractivity contribution in [1.82, 2.24) is 0 Å². The first kappa shape index (κ1) is 15.2. The largest absolute Gasteiger partial charge is 0.497 e. The van der Waals surface area contributed by atoms with Crippen molar-refractivity contribution < 1.29 is 17.9 Å². The molecule has 0 unspecified atom stereocenters. The summed E-state index contributed by atoms with van der Waals surface area (Å²) in [5, 5.41) is 0. The fourth-order valence-corrected chi connectivity index (χ4v) is 3.34. The highest BCUT2D eigenvalue weighted by Crippen LogP contribution is 2.25. The topological polar surface area (TPSA) is 78.6 Å². The Balaban J connectivity index is 2.30. The third-order valence-corrected chi connectivity index (χ3v) is 4.74. The summed E-state index contributed by atoms with van der Waals surface area (Å²) in [6, 6.07) is 11.3. The van der Waals surface area contributed by atoms with Gasteiger partial charge in [-0.05, 0) is 35.9 Å². The highest BCUT2D eigenvalue weighted by atomic mass is 32.2. The molecule has 0 atom stereocenters. The summed E-state index contributed by atoms with van der Waals surface area (Å²) >= 11 is 0. The second kappa shape index (κ2) is 6.05. The van der Waals surface area contributed by atoms with Gasteiger partial charge >= 0.3 is 0 Å². The van der Waals surface area contributed by atoms with E-state index in [4.69, 9.17) is 15.2 Å². The number of benzene rings is 2. The van der Waals surface area contributed by atoms with Crippen LogP contribution in [-0.4, -0.2) is 22.6 Å². The Morgan fingerprint density at radius 1 is 1.05 bits per heavy atom. The van der Waals surface area contributed by atoms with E-state index in [-0.39, 0.29) is 10.6 Å². The van der Waals surface area contributed by atoms with Crippen molar-refractivity contribution in [3.63, 3.8) is 0 Å². The van der Waals surface area contributed by atoms with Crippen molar-refractivity contribution in [3.05, 3.63) is 48.0 Å². The summed E-state index contributed by atoms with van der Waals surface area (Å²) in [4.78, 5) is 0.219. The molecule has 0 aliphatic heterocycles. The number of methoxy groups -OCH3 is 2. The summed E-state index contributed by atoms with van der Waals surface area (Å²) in [6.45, 7) is 0. The Hall–Kier alpha value is -2.21. The number of anilines is 1. The molecule has 0 bridgehead atoms. The first-order valence-corrected chi connectivity index (χ1v) is 7.90. The molecule has 2 rings (SSSR count). The fraction of sp³-hybridized carbons (Fsp3) is 0.200. The minimum atomic E-state index is -3.46. The number of hydrogen-bond donors (Lipinski definition) is 1. The SMILES string of the molecule is COc1cccc(S(=O)(=O)Cc2ccc(OC)c(N)c2)c1. The third kappa shape index (κ3) is 3.46. The molecule has 0 amide bonds. The van der Waals surface area contributed by atoms with Crippen molar-refractivity contribution in [2.75, 3.05) is 20.0 Å². The Labute approximate surface area is 124 Å². The van der Waals surface area contributed by atoms with E-state index in [0.29, 0.717) is 22.7 Å². The molecule has 0 saturated carbocycles.